The Morgan fingerprint density at radius 3 is 2.77 bits per heavy atom. The Kier molecular flexibility index (Phi) is 3.45. The third-order valence-corrected chi connectivity index (χ3v) is 4.34. The van der Waals surface area contributed by atoms with Crippen LogP contribution in [0.4, 0.5) is 5.82 Å². The first-order valence-electron chi connectivity index (χ1n) is 8.39. The topological polar surface area (TPSA) is 60.7 Å². The van der Waals surface area contributed by atoms with E-state index in [4.69, 9.17) is 9.47 Å². The molecule has 0 bridgehead atoms. The lowest BCUT2D eigenvalue weighted by molar-refractivity contribution is 0.174. The fourth-order valence-electron chi connectivity index (χ4n) is 3.02. The highest BCUT2D eigenvalue weighted by Crippen LogP contribution is 2.32. The average molecular weight is 344 g/mol. The summed E-state index contributed by atoms with van der Waals surface area (Å²) in [6.45, 7) is 0.928. The van der Waals surface area contributed by atoms with Gasteiger partial charge >= 0.3 is 0 Å². The monoisotopic (exact) mass is 344 g/mol. The van der Waals surface area contributed by atoms with Crippen molar-refractivity contribution in [2.24, 2.45) is 0 Å². The molecule has 1 N–H and O–H groups in total. The largest absolute Gasteiger partial charge is 0.454 e. The Bertz CT molecular complexity index is 1080. The molecule has 0 radical (unpaired) electrons. The highest BCUT2D eigenvalue weighted by atomic mass is 16.7. The molecule has 0 amide bonds. The van der Waals surface area contributed by atoms with Crippen LogP contribution in [0, 0.1) is 0 Å². The summed E-state index contributed by atoms with van der Waals surface area (Å²) in [5, 5.41) is 8.04. The first-order valence-corrected chi connectivity index (χ1v) is 8.39. The van der Waals surface area contributed by atoms with E-state index in [1.54, 1.807) is 0 Å². The van der Waals surface area contributed by atoms with Crippen molar-refractivity contribution in [1.29, 1.82) is 0 Å². The van der Waals surface area contributed by atoms with Gasteiger partial charge in [-0.2, -0.15) is 0 Å². The second kappa shape index (κ2) is 6.07. The standard InChI is InChI=1S/C20H16N4O2/c1-2-4-15(5-3-1)16-12-22-20-9-8-19(23-24(16)20)21-11-14-6-7-17-18(10-14)26-13-25-17/h1-10,12H,11,13H2,(H,21,23). The van der Waals surface area contributed by atoms with E-state index in [0.717, 1.165) is 39.8 Å². The highest BCUT2D eigenvalue weighted by Gasteiger charge is 2.13. The lowest BCUT2D eigenvalue weighted by Gasteiger charge is -2.08. The summed E-state index contributed by atoms with van der Waals surface area (Å²) in [7, 11) is 0. The molecule has 1 aliphatic heterocycles. The van der Waals surface area contributed by atoms with E-state index in [0.29, 0.717) is 6.54 Å². The van der Waals surface area contributed by atoms with E-state index in [-0.39, 0.29) is 6.79 Å². The van der Waals surface area contributed by atoms with Crippen LogP contribution in [-0.4, -0.2) is 21.4 Å². The predicted molar refractivity (Wildman–Crippen MR) is 98.3 cm³/mol. The second-order valence-corrected chi connectivity index (χ2v) is 6.04. The minimum absolute atomic E-state index is 0.285. The fraction of sp³-hybridized carbons (Fsp3) is 0.100. The molecule has 2 aromatic carbocycles. The SMILES string of the molecule is c1ccc(-c2cnc3ccc(NCc4ccc5c(c4)OCO5)nn23)cc1. The minimum atomic E-state index is 0.285. The lowest BCUT2D eigenvalue weighted by Crippen LogP contribution is -2.04. The molecule has 0 spiro atoms. The van der Waals surface area contributed by atoms with Crippen molar-refractivity contribution in [3.05, 3.63) is 72.4 Å². The molecule has 0 atom stereocenters. The zero-order valence-electron chi connectivity index (χ0n) is 13.9. The third kappa shape index (κ3) is 2.61. The highest BCUT2D eigenvalue weighted by molar-refractivity contribution is 5.63. The molecule has 26 heavy (non-hydrogen) atoms. The molecule has 1 aliphatic rings. The predicted octanol–water partition coefficient (Wildman–Crippen LogP) is 3.74. The van der Waals surface area contributed by atoms with Gasteiger partial charge in [0.1, 0.15) is 5.82 Å². The van der Waals surface area contributed by atoms with Crippen molar-refractivity contribution in [1.82, 2.24) is 14.6 Å². The van der Waals surface area contributed by atoms with Crippen LogP contribution in [0.25, 0.3) is 16.9 Å². The Morgan fingerprint density at radius 2 is 1.85 bits per heavy atom. The van der Waals surface area contributed by atoms with Crippen LogP contribution in [0.1, 0.15) is 5.56 Å². The first-order chi connectivity index (χ1) is 12.9. The molecule has 0 saturated heterocycles. The van der Waals surface area contributed by atoms with Crippen molar-refractivity contribution in [3.63, 3.8) is 0 Å². The molecule has 0 saturated carbocycles. The second-order valence-electron chi connectivity index (χ2n) is 6.04. The van der Waals surface area contributed by atoms with Crippen molar-refractivity contribution < 1.29 is 9.47 Å². The molecule has 5 rings (SSSR count). The number of ether oxygens (including phenoxy) is 2. The number of anilines is 1. The average Bonchev–Trinajstić information content (AvgIpc) is 3.33. The third-order valence-electron chi connectivity index (χ3n) is 4.34. The molecule has 0 fully saturated rings. The fourth-order valence-corrected chi connectivity index (χ4v) is 3.02. The molecular formula is C20H16N4O2. The van der Waals surface area contributed by atoms with Crippen molar-refractivity contribution >= 4 is 11.5 Å². The van der Waals surface area contributed by atoms with Gasteiger partial charge in [-0.3, -0.25) is 0 Å². The van der Waals surface area contributed by atoms with Crippen molar-refractivity contribution in [2.45, 2.75) is 6.54 Å². The number of hydrogen-bond acceptors (Lipinski definition) is 5. The summed E-state index contributed by atoms with van der Waals surface area (Å²) in [6.07, 6.45) is 1.85. The summed E-state index contributed by atoms with van der Waals surface area (Å²) >= 11 is 0. The van der Waals surface area contributed by atoms with Crippen LogP contribution in [0.2, 0.25) is 0 Å². The quantitative estimate of drug-likeness (QED) is 0.611. The van der Waals surface area contributed by atoms with E-state index in [1.165, 1.54) is 0 Å². The van der Waals surface area contributed by atoms with E-state index >= 15 is 0 Å². The number of benzene rings is 2. The number of hydrogen-bond donors (Lipinski definition) is 1. The van der Waals surface area contributed by atoms with Gasteiger partial charge in [-0.15, -0.1) is 5.10 Å². The van der Waals surface area contributed by atoms with Crippen LogP contribution >= 0.6 is 0 Å². The van der Waals surface area contributed by atoms with Crippen LogP contribution < -0.4 is 14.8 Å². The van der Waals surface area contributed by atoms with Crippen LogP contribution in [0.3, 0.4) is 0 Å². The molecule has 6 heteroatoms. The summed E-state index contributed by atoms with van der Waals surface area (Å²) in [5.74, 6) is 2.36. The summed E-state index contributed by atoms with van der Waals surface area (Å²) in [4.78, 5) is 4.44. The smallest absolute Gasteiger partial charge is 0.231 e. The number of nitrogens with zero attached hydrogens (tertiary/aromatic N) is 3. The zero-order valence-corrected chi connectivity index (χ0v) is 13.9. The molecule has 4 aromatic rings. The van der Waals surface area contributed by atoms with Gasteiger partial charge in [0.25, 0.3) is 0 Å². The van der Waals surface area contributed by atoms with Crippen molar-refractivity contribution in [2.75, 3.05) is 12.1 Å². The lowest BCUT2D eigenvalue weighted by atomic mass is 10.2. The van der Waals surface area contributed by atoms with Crippen LogP contribution in [0.15, 0.2) is 66.9 Å². The molecule has 128 valence electrons. The first kappa shape index (κ1) is 14.8. The molecule has 0 unspecified atom stereocenters. The maximum absolute atomic E-state index is 5.43. The number of aromatic nitrogens is 3. The Morgan fingerprint density at radius 1 is 0.962 bits per heavy atom. The zero-order chi connectivity index (χ0) is 17.3. The molecule has 0 aliphatic carbocycles. The molecule has 2 aromatic heterocycles. The van der Waals surface area contributed by atoms with Crippen molar-refractivity contribution in [3.8, 4) is 22.8 Å². The molecule has 3 heterocycles. The summed E-state index contributed by atoms with van der Waals surface area (Å²) in [5.41, 5.74) is 3.97. The van der Waals surface area contributed by atoms with Gasteiger partial charge in [-0.25, -0.2) is 9.50 Å². The summed E-state index contributed by atoms with van der Waals surface area (Å²) in [6, 6.07) is 20.0. The Hall–Kier alpha value is -3.54. The minimum Gasteiger partial charge on any atom is -0.454 e. The molecule has 6 nitrogen and oxygen atoms in total. The maximum Gasteiger partial charge on any atom is 0.231 e. The van der Waals surface area contributed by atoms with Gasteiger partial charge in [-0.05, 0) is 29.8 Å². The Labute approximate surface area is 150 Å². The van der Waals surface area contributed by atoms with E-state index < -0.39 is 0 Å². The van der Waals surface area contributed by atoms with Gasteiger partial charge < -0.3 is 14.8 Å². The summed E-state index contributed by atoms with van der Waals surface area (Å²) < 4.78 is 12.6. The van der Waals surface area contributed by atoms with Gasteiger partial charge in [0.2, 0.25) is 6.79 Å². The van der Waals surface area contributed by atoms with Gasteiger partial charge in [-0.1, -0.05) is 36.4 Å². The Balaban J connectivity index is 1.41. The van der Waals surface area contributed by atoms with E-state index in [9.17, 15) is 0 Å². The van der Waals surface area contributed by atoms with Gasteiger partial charge in [0, 0.05) is 12.1 Å². The van der Waals surface area contributed by atoms with E-state index in [2.05, 4.69) is 27.5 Å². The number of rotatable bonds is 4. The maximum atomic E-state index is 5.43. The van der Waals surface area contributed by atoms with Crippen LogP contribution in [-0.2, 0) is 6.54 Å². The number of imidazole rings is 1. The number of fused-ring (bicyclic) bond motifs is 2. The normalized spacial score (nSPS) is 12.5. The van der Waals surface area contributed by atoms with Crippen LogP contribution in [0.5, 0.6) is 11.5 Å². The van der Waals surface area contributed by atoms with Gasteiger partial charge in [0.05, 0.1) is 11.9 Å². The van der Waals surface area contributed by atoms with Gasteiger partial charge in [0.15, 0.2) is 17.1 Å². The molecular weight excluding hydrogens is 328 g/mol. The van der Waals surface area contributed by atoms with E-state index in [1.807, 2.05) is 59.2 Å². The number of nitrogens with one attached hydrogen (secondary N) is 1.